The van der Waals surface area contributed by atoms with E-state index in [1.165, 1.54) is 5.56 Å². The van der Waals surface area contributed by atoms with E-state index in [0.717, 1.165) is 18.7 Å². The molecule has 3 rings (SSSR count). The number of anilines is 1. The minimum absolute atomic E-state index is 0.642. The Bertz CT molecular complexity index is 442. The molecule has 1 aromatic carbocycles. The third kappa shape index (κ3) is 1.19. The Morgan fingerprint density at radius 2 is 2.12 bits per heavy atom. The first-order chi connectivity index (χ1) is 7.74. The second-order valence-corrected chi connectivity index (χ2v) is 5.35. The zero-order valence-corrected chi connectivity index (χ0v) is 9.67. The lowest BCUT2D eigenvalue weighted by Gasteiger charge is -2.45. The molecule has 16 heavy (non-hydrogen) atoms. The van der Waals surface area contributed by atoms with Gasteiger partial charge in [-0.05, 0) is 18.1 Å². The lowest BCUT2D eigenvalue weighted by atomic mass is 10.0. The molecule has 1 N–H and O–H groups in total. The van der Waals surface area contributed by atoms with Gasteiger partial charge in [-0.3, -0.25) is 0 Å². The first-order valence-corrected chi connectivity index (χ1v) is 6.56. The summed E-state index contributed by atoms with van der Waals surface area (Å²) < 4.78 is 0. The van der Waals surface area contributed by atoms with E-state index in [-0.39, 0.29) is 0 Å². The quantitative estimate of drug-likeness (QED) is 0.845. The summed E-state index contributed by atoms with van der Waals surface area (Å²) in [6.07, 6.45) is 0.968. The number of benzene rings is 1. The third-order valence-electron chi connectivity index (χ3n) is 3.48. The highest BCUT2D eigenvalue weighted by molar-refractivity contribution is 8.01. The smallest absolute Gasteiger partial charge is 0.331 e. The molecule has 1 saturated heterocycles. The summed E-state index contributed by atoms with van der Waals surface area (Å²) in [6, 6.07) is 8.14. The van der Waals surface area contributed by atoms with Crippen LogP contribution in [-0.4, -0.2) is 34.7 Å². The van der Waals surface area contributed by atoms with Crippen LogP contribution in [0.25, 0.3) is 0 Å². The Hall–Kier alpha value is -1.16. The van der Waals surface area contributed by atoms with Crippen molar-refractivity contribution in [1.82, 2.24) is 0 Å². The molecule has 1 fully saturated rings. The zero-order valence-electron chi connectivity index (χ0n) is 8.85. The van der Waals surface area contributed by atoms with Crippen LogP contribution in [0.4, 0.5) is 5.69 Å². The van der Waals surface area contributed by atoms with E-state index in [2.05, 4.69) is 11.0 Å². The van der Waals surface area contributed by atoms with Gasteiger partial charge in [-0.15, -0.1) is 0 Å². The summed E-state index contributed by atoms with van der Waals surface area (Å²) in [5, 5.41) is 9.41. The molecule has 0 aromatic heterocycles. The van der Waals surface area contributed by atoms with Gasteiger partial charge in [0.1, 0.15) is 0 Å². The molecule has 0 saturated carbocycles. The van der Waals surface area contributed by atoms with Crippen LogP contribution in [0, 0.1) is 0 Å². The number of aliphatic carboxylic acids is 1. The van der Waals surface area contributed by atoms with E-state index in [1.807, 2.05) is 18.2 Å². The number of carbonyl (C=O) groups is 1. The first-order valence-electron chi connectivity index (χ1n) is 5.41. The van der Waals surface area contributed by atoms with Gasteiger partial charge in [0.25, 0.3) is 0 Å². The highest BCUT2D eigenvalue weighted by atomic mass is 32.2. The number of carboxylic acid groups (broad SMARTS) is 1. The fourth-order valence-corrected chi connectivity index (χ4v) is 3.62. The molecular weight excluding hydrogens is 222 g/mol. The summed E-state index contributed by atoms with van der Waals surface area (Å²) in [6.45, 7) is 0.839. The number of hydrogen-bond acceptors (Lipinski definition) is 3. The third-order valence-corrected chi connectivity index (χ3v) is 4.85. The topological polar surface area (TPSA) is 40.5 Å². The van der Waals surface area contributed by atoms with Crippen molar-refractivity contribution < 1.29 is 9.90 Å². The molecule has 0 amide bonds. The maximum Gasteiger partial charge on any atom is 0.331 e. The van der Waals surface area contributed by atoms with Gasteiger partial charge in [0.15, 0.2) is 5.54 Å². The maximum atomic E-state index is 11.4. The molecule has 84 valence electrons. The lowest BCUT2D eigenvalue weighted by Crippen LogP contribution is -2.63. The minimum atomic E-state index is -0.678. The number of hydrogen-bond donors (Lipinski definition) is 1. The van der Waals surface area contributed by atoms with E-state index < -0.39 is 11.5 Å². The average Bonchev–Trinajstić information content (AvgIpc) is 2.61. The number of carboxylic acids is 1. The molecule has 0 atom stereocenters. The molecule has 2 heterocycles. The number of thioether (sulfide) groups is 1. The summed E-state index contributed by atoms with van der Waals surface area (Å²) in [5.41, 5.74) is 1.75. The Morgan fingerprint density at radius 3 is 2.75 bits per heavy atom. The largest absolute Gasteiger partial charge is 0.479 e. The Labute approximate surface area is 98.4 Å². The van der Waals surface area contributed by atoms with Crippen molar-refractivity contribution in [3.63, 3.8) is 0 Å². The molecule has 0 aliphatic carbocycles. The standard InChI is InChI=1S/C12H13NO2S/c14-11(15)12(7-16-8-12)13-6-5-9-3-1-2-4-10(9)13/h1-4H,5-8H2,(H,14,15). The highest BCUT2D eigenvalue weighted by Crippen LogP contribution is 2.42. The minimum Gasteiger partial charge on any atom is -0.479 e. The fraction of sp³-hybridized carbons (Fsp3) is 0.417. The fourth-order valence-electron chi connectivity index (χ4n) is 2.47. The van der Waals surface area contributed by atoms with Gasteiger partial charge in [-0.25, -0.2) is 4.79 Å². The van der Waals surface area contributed by atoms with Crippen LogP contribution >= 0.6 is 11.8 Å². The predicted molar refractivity (Wildman–Crippen MR) is 65.2 cm³/mol. The maximum absolute atomic E-state index is 11.4. The number of fused-ring (bicyclic) bond motifs is 1. The van der Waals surface area contributed by atoms with Crippen LogP contribution in [0.3, 0.4) is 0 Å². The molecule has 2 aliphatic heterocycles. The van der Waals surface area contributed by atoms with Crippen molar-refractivity contribution >= 4 is 23.4 Å². The van der Waals surface area contributed by atoms with E-state index in [1.54, 1.807) is 11.8 Å². The summed E-state index contributed by atoms with van der Waals surface area (Å²) in [7, 11) is 0. The summed E-state index contributed by atoms with van der Waals surface area (Å²) in [5.74, 6) is 0.732. The van der Waals surface area contributed by atoms with Crippen molar-refractivity contribution in [3.05, 3.63) is 29.8 Å². The number of para-hydroxylation sites is 1. The van der Waals surface area contributed by atoms with Crippen molar-refractivity contribution in [2.45, 2.75) is 12.0 Å². The van der Waals surface area contributed by atoms with E-state index in [0.29, 0.717) is 11.5 Å². The monoisotopic (exact) mass is 235 g/mol. The normalized spacial score (nSPS) is 21.4. The van der Waals surface area contributed by atoms with Crippen molar-refractivity contribution in [1.29, 1.82) is 0 Å². The van der Waals surface area contributed by atoms with Crippen LogP contribution in [0.15, 0.2) is 24.3 Å². The van der Waals surface area contributed by atoms with Gasteiger partial charge >= 0.3 is 5.97 Å². The molecule has 4 heteroatoms. The van der Waals surface area contributed by atoms with E-state index >= 15 is 0 Å². The molecule has 1 aromatic rings. The SMILES string of the molecule is O=C(O)C1(N2CCc3ccccc32)CSC1. The van der Waals surface area contributed by atoms with Gasteiger partial charge in [0.05, 0.1) is 0 Å². The number of rotatable bonds is 2. The highest BCUT2D eigenvalue weighted by Gasteiger charge is 2.51. The van der Waals surface area contributed by atoms with Crippen LogP contribution < -0.4 is 4.90 Å². The van der Waals surface area contributed by atoms with Crippen LogP contribution in [0.1, 0.15) is 5.56 Å². The Morgan fingerprint density at radius 1 is 1.38 bits per heavy atom. The lowest BCUT2D eigenvalue weighted by molar-refractivity contribution is -0.142. The average molecular weight is 235 g/mol. The van der Waals surface area contributed by atoms with Crippen LogP contribution in [0.2, 0.25) is 0 Å². The predicted octanol–water partition coefficient (Wildman–Crippen LogP) is 1.62. The second-order valence-electron chi connectivity index (χ2n) is 4.36. The first kappa shape index (κ1) is 10.0. The van der Waals surface area contributed by atoms with Gasteiger partial charge in [0.2, 0.25) is 0 Å². The Balaban J connectivity index is 2.01. The molecular formula is C12H13NO2S. The van der Waals surface area contributed by atoms with Gasteiger partial charge in [0, 0.05) is 23.7 Å². The van der Waals surface area contributed by atoms with Gasteiger partial charge < -0.3 is 10.0 Å². The Kier molecular flexibility index (Phi) is 2.14. The molecule has 2 aliphatic rings. The van der Waals surface area contributed by atoms with E-state index in [9.17, 15) is 9.90 Å². The molecule has 0 spiro atoms. The van der Waals surface area contributed by atoms with Crippen molar-refractivity contribution in [3.8, 4) is 0 Å². The van der Waals surface area contributed by atoms with E-state index in [4.69, 9.17) is 0 Å². The second kappa shape index (κ2) is 3.42. The molecule has 0 radical (unpaired) electrons. The summed E-state index contributed by atoms with van der Waals surface area (Å²) >= 11 is 1.71. The summed E-state index contributed by atoms with van der Waals surface area (Å²) in [4.78, 5) is 13.5. The molecule has 0 unspecified atom stereocenters. The molecule has 3 nitrogen and oxygen atoms in total. The zero-order chi connectivity index (χ0) is 11.2. The van der Waals surface area contributed by atoms with Gasteiger partial charge in [-0.1, -0.05) is 18.2 Å². The number of nitrogens with zero attached hydrogens (tertiary/aromatic N) is 1. The van der Waals surface area contributed by atoms with Crippen LogP contribution in [-0.2, 0) is 11.2 Å². The van der Waals surface area contributed by atoms with Crippen LogP contribution in [0.5, 0.6) is 0 Å². The van der Waals surface area contributed by atoms with Crippen molar-refractivity contribution in [2.75, 3.05) is 23.0 Å². The van der Waals surface area contributed by atoms with Crippen molar-refractivity contribution in [2.24, 2.45) is 0 Å². The van der Waals surface area contributed by atoms with Gasteiger partial charge in [-0.2, -0.15) is 11.8 Å². The molecule has 0 bridgehead atoms.